The molecule has 1 aliphatic heterocycles. The molecule has 1 aliphatic rings. The highest BCUT2D eigenvalue weighted by Gasteiger charge is 2.15. The topological polar surface area (TPSA) is 20.3 Å². The summed E-state index contributed by atoms with van der Waals surface area (Å²) in [5.41, 5.74) is 0.0992. The van der Waals surface area contributed by atoms with Gasteiger partial charge in [-0.05, 0) is 43.3 Å². The Morgan fingerprint density at radius 1 is 1.29 bits per heavy atom. The van der Waals surface area contributed by atoms with Gasteiger partial charge in [-0.25, -0.2) is 0 Å². The van der Waals surface area contributed by atoms with Crippen molar-refractivity contribution in [2.24, 2.45) is 11.3 Å². The molecule has 0 spiro atoms. The first kappa shape index (κ1) is 14.4. The molecular formula is C15H27NO. The van der Waals surface area contributed by atoms with Crippen molar-refractivity contribution >= 4 is 5.78 Å². The van der Waals surface area contributed by atoms with Crippen molar-refractivity contribution in [3.05, 3.63) is 12.2 Å². The minimum Gasteiger partial charge on any atom is -0.300 e. The summed E-state index contributed by atoms with van der Waals surface area (Å²) in [6.07, 6.45) is 7.03. The number of nitrogens with zero attached hydrogens (tertiary/aromatic N) is 1. The lowest BCUT2D eigenvalue weighted by Gasteiger charge is -2.29. The van der Waals surface area contributed by atoms with Crippen molar-refractivity contribution in [1.29, 1.82) is 0 Å². The second-order valence-electron chi connectivity index (χ2n) is 6.59. The molecule has 0 aromatic heterocycles. The van der Waals surface area contributed by atoms with Crippen molar-refractivity contribution in [3.63, 3.8) is 0 Å². The molecule has 1 heterocycles. The zero-order chi connectivity index (χ0) is 12.9. The van der Waals surface area contributed by atoms with Crippen LogP contribution in [0.15, 0.2) is 12.2 Å². The van der Waals surface area contributed by atoms with Crippen molar-refractivity contribution in [2.45, 2.75) is 47.0 Å². The molecule has 17 heavy (non-hydrogen) atoms. The van der Waals surface area contributed by atoms with Gasteiger partial charge in [-0.1, -0.05) is 33.8 Å². The van der Waals surface area contributed by atoms with E-state index in [1.54, 1.807) is 6.08 Å². The van der Waals surface area contributed by atoms with Crippen LogP contribution in [0, 0.1) is 11.3 Å². The lowest BCUT2D eigenvalue weighted by molar-refractivity contribution is -0.116. The summed E-state index contributed by atoms with van der Waals surface area (Å²) in [5.74, 6) is 1.13. The number of hydrogen-bond acceptors (Lipinski definition) is 2. The Kier molecular flexibility index (Phi) is 5.38. The maximum atomic E-state index is 11.6. The summed E-state index contributed by atoms with van der Waals surface area (Å²) in [6.45, 7) is 11.9. The summed E-state index contributed by atoms with van der Waals surface area (Å²) in [5, 5.41) is 0. The average Bonchev–Trinajstić information content (AvgIpc) is 2.18. The molecular weight excluding hydrogens is 210 g/mol. The van der Waals surface area contributed by atoms with Gasteiger partial charge in [-0.15, -0.1) is 0 Å². The number of piperidine rings is 1. The Morgan fingerprint density at radius 2 is 1.88 bits per heavy atom. The first-order chi connectivity index (χ1) is 7.87. The summed E-state index contributed by atoms with van der Waals surface area (Å²) in [6, 6.07) is 0. The summed E-state index contributed by atoms with van der Waals surface area (Å²) in [7, 11) is 0. The molecule has 0 aromatic carbocycles. The zero-order valence-corrected chi connectivity index (χ0v) is 11.8. The Labute approximate surface area is 106 Å². The van der Waals surface area contributed by atoms with E-state index in [4.69, 9.17) is 0 Å². The molecule has 98 valence electrons. The van der Waals surface area contributed by atoms with Crippen LogP contribution in [0.4, 0.5) is 0 Å². The van der Waals surface area contributed by atoms with Crippen LogP contribution in [0.5, 0.6) is 0 Å². The van der Waals surface area contributed by atoms with Crippen LogP contribution in [0.25, 0.3) is 0 Å². The second-order valence-corrected chi connectivity index (χ2v) is 6.59. The van der Waals surface area contributed by atoms with Gasteiger partial charge >= 0.3 is 0 Å². The van der Waals surface area contributed by atoms with Gasteiger partial charge in [0.15, 0.2) is 5.78 Å². The molecule has 2 heteroatoms. The van der Waals surface area contributed by atoms with E-state index in [1.165, 1.54) is 25.9 Å². The van der Waals surface area contributed by atoms with Crippen molar-refractivity contribution < 1.29 is 4.79 Å². The van der Waals surface area contributed by atoms with E-state index in [9.17, 15) is 4.79 Å². The van der Waals surface area contributed by atoms with Gasteiger partial charge in [0, 0.05) is 13.0 Å². The SMILES string of the molecule is CC1CCN(C/C=C/C(=O)CC(C)(C)C)CC1. The fourth-order valence-corrected chi connectivity index (χ4v) is 2.16. The number of hydrogen-bond donors (Lipinski definition) is 0. The van der Waals surface area contributed by atoms with Crippen LogP contribution < -0.4 is 0 Å². The van der Waals surface area contributed by atoms with Gasteiger partial charge in [-0.2, -0.15) is 0 Å². The van der Waals surface area contributed by atoms with Gasteiger partial charge < -0.3 is 0 Å². The molecule has 0 saturated carbocycles. The van der Waals surface area contributed by atoms with E-state index >= 15 is 0 Å². The Hall–Kier alpha value is -0.630. The van der Waals surface area contributed by atoms with Crippen LogP contribution in [0.2, 0.25) is 0 Å². The molecule has 0 atom stereocenters. The molecule has 0 amide bonds. The largest absolute Gasteiger partial charge is 0.300 e. The van der Waals surface area contributed by atoms with E-state index in [-0.39, 0.29) is 11.2 Å². The number of carbonyl (C=O) groups is 1. The fourth-order valence-electron chi connectivity index (χ4n) is 2.16. The van der Waals surface area contributed by atoms with Crippen LogP contribution in [-0.2, 0) is 4.79 Å². The first-order valence-electron chi connectivity index (χ1n) is 6.78. The van der Waals surface area contributed by atoms with E-state index in [0.717, 1.165) is 12.5 Å². The molecule has 0 N–H and O–H groups in total. The average molecular weight is 237 g/mol. The van der Waals surface area contributed by atoms with Gasteiger partial charge in [0.2, 0.25) is 0 Å². The predicted octanol–water partition coefficient (Wildman–Crippen LogP) is 3.28. The van der Waals surface area contributed by atoms with Gasteiger partial charge in [0.25, 0.3) is 0 Å². The molecule has 1 fully saturated rings. The molecule has 0 aromatic rings. The van der Waals surface area contributed by atoms with Crippen LogP contribution in [0.3, 0.4) is 0 Å². The normalized spacial score (nSPS) is 20.0. The number of allylic oxidation sites excluding steroid dienone is 1. The van der Waals surface area contributed by atoms with Crippen molar-refractivity contribution in [2.75, 3.05) is 19.6 Å². The summed E-state index contributed by atoms with van der Waals surface area (Å²) >= 11 is 0. The zero-order valence-electron chi connectivity index (χ0n) is 11.8. The monoisotopic (exact) mass is 237 g/mol. The minimum atomic E-state index is 0.0992. The Morgan fingerprint density at radius 3 is 2.41 bits per heavy atom. The predicted molar refractivity (Wildman–Crippen MR) is 73.1 cm³/mol. The quantitative estimate of drug-likeness (QED) is 0.699. The molecule has 2 nitrogen and oxygen atoms in total. The highest BCUT2D eigenvalue weighted by atomic mass is 16.1. The lowest BCUT2D eigenvalue weighted by atomic mass is 9.90. The molecule has 1 saturated heterocycles. The third-order valence-electron chi connectivity index (χ3n) is 3.25. The molecule has 0 aliphatic carbocycles. The Balaban J connectivity index is 2.23. The minimum absolute atomic E-state index is 0.0992. The molecule has 0 unspecified atom stereocenters. The molecule has 0 radical (unpaired) electrons. The summed E-state index contributed by atoms with van der Waals surface area (Å²) in [4.78, 5) is 14.1. The third-order valence-corrected chi connectivity index (χ3v) is 3.25. The van der Waals surface area contributed by atoms with Gasteiger partial charge in [-0.3, -0.25) is 9.69 Å². The number of carbonyl (C=O) groups excluding carboxylic acids is 1. The van der Waals surface area contributed by atoms with Gasteiger partial charge in [0.1, 0.15) is 0 Å². The maximum Gasteiger partial charge on any atom is 0.155 e. The lowest BCUT2D eigenvalue weighted by Crippen LogP contribution is -2.32. The Bertz CT molecular complexity index is 267. The highest BCUT2D eigenvalue weighted by molar-refractivity contribution is 5.90. The standard InChI is InChI=1S/C15H27NO/c1-13-7-10-16(11-8-13)9-5-6-14(17)12-15(2,3)4/h5-6,13H,7-12H2,1-4H3/b6-5+. The molecule has 1 rings (SSSR count). The fraction of sp³-hybridized carbons (Fsp3) is 0.800. The first-order valence-corrected chi connectivity index (χ1v) is 6.78. The van der Waals surface area contributed by atoms with Crippen molar-refractivity contribution in [1.82, 2.24) is 4.90 Å². The van der Waals surface area contributed by atoms with Crippen LogP contribution in [-0.4, -0.2) is 30.3 Å². The summed E-state index contributed by atoms with van der Waals surface area (Å²) < 4.78 is 0. The third kappa shape index (κ3) is 6.62. The van der Waals surface area contributed by atoms with E-state index in [1.807, 2.05) is 6.08 Å². The van der Waals surface area contributed by atoms with E-state index < -0.39 is 0 Å². The van der Waals surface area contributed by atoms with Crippen LogP contribution in [0.1, 0.15) is 47.0 Å². The highest BCUT2D eigenvalue weighted by Crippen LogP contribution is 2.19. The second kappa shape index (κ2) is 6.34. The van der Waals surface area contributed by atoms with Crippen molar-refractivity contribution in [3.8, 4) is 0 Å². The smallest absolute Gasteiger partial charge is 0.155 e. The number of ketones is 1. The number of likely N-dealkylation sites (tertiary alicyclic amines) is 1. The van der Waals surface area contributed by atoms with E-state index in [0.29, 0.717) is 6.42 Å². The maximum absolute atomic E-state index is 11.6. The van der Waals surface area contributed by atoms with Crippen LogP contribution >= 0.6 is 0 Å². The number of rotatable bonds is 4. The molecule has 0 bridgehead atoms. The van der Waals surface area contributed by atoms with Gasteiger partial charge in [0.05, 0.1) is 0 Å². The van der Waals surface area contributed by atoms with E-state index in [2.05, 4.69) is 32.6 Å².